The van der Waals surface area contributed by atoms with Gasteiger partial charge in [0.1, 0.15) is 0 Å². The quantitative estimate of drug-likeness (QED) is 0.406. The molecule has 151 valence electrons. The first kappa shape index (κ1) is 29.1. The number of hydrogen-bond acceptors (Lipinski definition) is 0. The molecule has 0 amide bonds. The zero-order valence-corrected chi connectivity index (χ0v) is 18.9. The summed E-state index contributed by atoms with van der Waals surface area (Å²) in [4.78, 5) is 0. The molecule has 2 atom stereocenters. The van der Waals surface area contributed by atoms with Crippen LogP contribution < -0.4 is 0 Å². The zero-order chi connectivity index (χ0) is 18.6. The standard InChI is InChI=1S/C11H24N2.C8H18N2.Co/c1-8(2)12-10(5)7-11(6)13-9(3)4;1-6(2)9-8(5)10-7(3)4;/h8-11H,7H2,1-6H3;6-8H,1-5H3;/q2*-2;. The molecule has 24 heavy (non-hydrogen) atoms. The van der Waals surface area contributed by atoms with E-state index in [0.717, 1.165) is 6.42 Å². The smallest absolute Gasteiger partial charge is 0 e. The van der Waals surface area contributed by atoms with Crippen LogP contribution in [0.4, 0.5) is 0 Å². The molecule has 0 fully saturated rings. The van der Waals surface area contributed by atoms with Crippen LogP contribution in [0.15, 0.2) is 0 Å². The van der Waals surface area contributed by atoms with Crippen molar-refractivity contribution in [1.29, 1.82) is 0 Å². The van der Waals surface area contributed by atoms with E-state index in [2.05, 4.69) is 90.5 Å². The maximum atomic E-state index is 4.56. The second kappa shape index (κ2) is 16.8. The van der Waals surface area contributed by atoms with Gasteiger partial charge in [0, 0.05) is 16.8 Å². The van der Waals surface area contributed by atoms with Crippen molar-refractivity contribution in [3.05, 3.63) is 21.3 Å². The van der Waals surface area contributed by atoms with Gasteiger partial charge in [-0.25, -0.2) is 6.17 Å². The Morgan fingerprint density at radius 3 is 0.917 bits per heavy atom. The summed E-state index contributed by atoms with van der Waals surface area (Å²) in [5, 5.41) is 17.8. The van der Waals surface area contributed by atoms with Gasteiger partial charge in [-0.05, 0) is 0 Å². The van der Waals surface area contributed by atoms with Crippen LogP contribution >= 0.6 is 0 Å². The minimum absolute atomic E-state index is 0. The van der Waals surface area contributed by atoms with Gasteiger partial charge in [-0.15, -0.1) is 43.2 Å². The minimum Gasteiger partial charge on any atom is -0.676 e. The van der Waals surface area contributed by atoms with Gasteiger partial charge in [0.25, 0.3) is 0 Å². The maximum Gasteiger partial charge on any atom is 0 e. The fourth-order valence-electron chi connectivity index (χ4n) is 2.53. The van der Waals surface area contributed by atoms with Gasteiger partial charge < -0.3 is 21.3 Å². The van der Waals surface area contributed by atoms with E-state index < -0.39 is 0 Å². The average Bonchev–Trinajstić information content (AvgIpc) is 2.23. The van der Waals surface area contributed by atoms with E-state index in [1.54, 1.807) is 0 Å². The summed E-state index contributed by atoms with van der Waals surface area (Å²) in [6, 6.07) is 2.58. The summed E-state index contributed by atoms with van der Waals surface area (Å²) >= 11 is 0. The molecule has 4 nitrogen and oxygen atoms in total. The Morgan fingerprint density at radius 1 is 0.458 bits per heavy atom. The first-order chi connectivity index (χ1) is 10.4. The minimum atomic E-state index is 0. The molecule has 0 N–H and O–H groups in total. The zero-order valence-electron chi connectivity index (χ0n) is 17.9. The molecule has 0 rings (SSSR count). The summed E-state index contributed by atoms with van der Waals surface area (Å²) in [7, 11) is 0. The predicted octanol–water partition coefficient (Wildman–Crippen LogP) is 6.61. The monoisotopic (exact) mass is 385 g/mol. The molecule has 0 aliphatic carbocycles. The molecule has 0 aromatic carbocycles. The molecule has 0 aromatic heterocycles. The molecule has 1 radical (unpaired) electrons. The van der Waals surface area contributed by atoms with E-state index in [1.165, 1.54) is 0 Å². The number of rotatable bonds is 10. The Balaban J connectivity index is -0.000000364. The number of hydrogen-bond donors (Lipinski definition) is 0. The van der Waals surface area contributed by atoms with Crippen molar-refractivity contribution in [3.63, 3.8) is 0 Å². The Labute approximate surface area is 163 Å². The molecule has 0 aromatic rings. The van der Waals surface area contributed by atoms with Crippen molar-refractivity contribution in [1.82, 2.24) is 0 Å². The Kier molecular flexibility index (Phi) is 20.4. The fraction of sp³-hybridized carbons (Fsp3) is 1.00. The third kappa shape index (κ3) is 24.6. The summed E-state index contributed by atoms with van der Waals surface area (Å²) < 4.78 is 0. The summed E-state index contributed by atoms with van der Waals surface area (Å²) in [6.07, 6.45) is 1.25. The van der Waals surface area contributed by atoms with Gasteiger partial charge in [-0.1, -0.05) is 75.7 Å². The molecular weight excluding hydrogens is 343 g/mol. The van der Waals surface area contributed by atoms with Gasteiger partial charge in [-0.2, -0.15) is 0 Å². The van der Waals surface area contributed by atoms with Gasteiger partial charge in [0.2, 0.25) is 0 Å². The third-order valence-electron chi connectivity index (χ3n) is 2.82. The summed E-state index contributed by atoms with van der Waals surface area (Å²) in [6.45, 7) is 23.2. The van der Waals surface area contributed by atoms with E-state index >= 15 is 0 Å². The van der Waals surface area contributed by atoms with Crippen LogP contribution in [0, 0.1) is 0 Å². The average molecular weight is 386 g/mol. The topological polar surface area (TPSA) is 56.4 Å². The van der Waals surface area contributed by atoms with Crippen molar-refractivity contribution in [3.8, 4) is 0 Å². The first-order valence-electron chi connectivity index (χ1n) is 9.23. The van der Waals surface area contributed by atoms with E-state index in [4.69, 9.17) is 0 Å². The van der Waals surface area contributed by atoms with Crippen LogP contribution in [0.25, 0.3) is 21.3 Å². The predicted molar refractivity (Wildman–Crippen MR) is 107 cm³/mol. The SMILES string of the molecule is CC(C)[N-]C(C)CC(C)[N-]C(C)C.CC(C)[N-]C(C)[N-]C(C)C.[Co]. The van der Waals surface area contributed by atoms with Gasteiger partial charge in [0.05, 0.1) is 0 Å². The van der Waals surface area contributed by atoms with Crippen LogP contribution in [-0.4, -0.2) is 42.4 Å². The Bertz CT molecular complexity index is 234. The first-order valence-corrected chi connectivity index (χ1v) is 9.23. The van der Waals surface area contributed by atoms with Crippen molar-refractivity contribution >= 4 is 0 Å². The molecule has 0 saturated heterocycles. The number of nitrogens with zero attached hydrogens (tertiary/aromatic N) is 4. The molecule has 0 heterocycles. The Hall–Kier alpha value is 0.346. The second-order valence-corrected chi connectivity index (χ2v) is 7.54. The van der Waals surface area contributed by atoms with Crippen LogP contribution in [-0.2, 0) is 16.8 Å². The fourth-order valence-corrected chi connectivity index (χ4v) is 2.53. The molecule has 0 bridgehead atoms. The van der Waals surface area contributed by atoms with Crippen molar-refractivity contribution in [2.75, 3.05) is 0 Å². The Morgan fingerprint density at radius 2 is 0.708 bits per heavy atom. The van der Waals surface area contributed by atoms with Crippen molar-refractivity contribution in [2.45, 2.75) is 125 Å². The van der Waals surface area contributed by atoms with Gasteiger partial charge in [0.15, 0.2) is 0 Å². The van der Waals surface area contributed by atoms with E-state index in [0.29, 0.717) is 36.3 Å². The van der Waals surface area contributed by atoms with Crippen molar-refractivity contribution < 1.29 is 16.8 Å². The molecule has 0 saturated carbocycles. The van der Waals surface area contributed by atoms with Crippen LogP contribution in [0.1, 0.15) is 82.6 Å². The van der Waals surface area contributed by atoms with Gasteiger partial charge >= 0.3 is 0 Å². The van der Waals surface area contributed by atoms with E-state index in [1.807, 2.05) is 6.92 Å². The molecule has 0 aliphatic rings. The van der Waals surface area contributed by atoms with Gasteiger partial charge in [-0.3, -0.25) is 0 Å². The second-order valence-electron chi connectivity index (χ2n) is 7.54. The van der Waals surface area contributed by atoms with Crippen molar-refractivity contribution in [2.24, 2.45) is 0 Å². The molecule has 2 unspecified atom stereocenters. The molecule has 0 aliphatic heterocycles. The molecule has 0 spiro atoms. The van der Waals surface area contributed by atoms with Crippen LogP contribution in [0.3, 0.4) is 0 Å². The third-order valence-corrected chi connectivity index (χ3v) is 2.82. The van der Waals surface area contributed by atoms with Crippen LogP contribution in [0.5, 0.6) is 0 Å². The normalized spacial score (nSPS) is 14.0. The van der Waals surface area contributed by atoms with E-state index in [9.17, 15) is 0 Å². The maximum absolute atomic E-state index is 4.56. The summed E-state index contributed by atoms with van der Waals surface area (Å²) in [5.41, 5.74) is 0. The van der Waals surface area contributed by atoms with Crippen LogP contribution in [0.2, 0.25) is 0 Å². The molecule has 5 heteroatoms. The summed E-state index contributed by atoms with van der Waals surface area (Å²) in [5.74, 6) is 0. The van der Waals surface area contributed by atoms with E-state index in [-0.39, 0.29) is 22.9 Å². The molecular formula is C19H42CoN4-4. The largest absolute Gasteiger partial charge is 0.676 e.